The molecule has 0 spiro atoms. The fraction of sp³-hybridized carbons (Fsp3) is 0.286. The number of carbonyl (C=O) groups is 1. The highest BCUT2D eigenvalue weighted by Gasteiger charge is 2.27. The van der Waals surface area contributed by atoms with Gasteiger partial charge < -0.3 is 9.88 Å². The number of amides is 1. The number of para-hydroxylation sites is 1. The smallest absolute Gasteiger partial charge is 0.324 e. The number of rotatable bonds is 8. The Hall–Kier alpha value is -2.46. The van der Waals surface area contributed by atoms with E-state index in [9.17, 15) is 18.0 Å². The van der Waals surface area contributed by atoms with Crippen molar-refractivity contribution in [2.75, 3.05) is 16.8 Å². The third kappa shape index (κ3) is 6.27. The Morgan fingerprint density at radius 2 is 1.77 bits per heavy atom. The molecule has 0 aliphatic heterocycles. The van der Waals surface area contributed by atoms with Crippen molar-refractivity contribution in [3.8, 4) is 11.4 Å². The van der Waals surface area contributed by atoms with E-state index < -0.39 is 11.9 Å². The van der Waals surface area contributed by atoms with Gasteiger partial charge in [0.2, 0.25) is 5.91 Å². The first-order valence-electron chi connectivity index (χ1n) is 9.49. The lowest BCUT2D eigenvalue weighted by Crippen LogP contribution is -2.16. The molecule has 0 saturated heterocycles. The number of aromatic nitrogens is 3. The zero-order valence-electron chi connectivity index (χ0n) is 16.9. The summed E-state index contributed by atoms with van der Waals surface area (Å²) in [5, 5.41) is 11.8. The van der Waals surface area contributed by atoms with E-state index in [2.05, 4.69) is 15.5 Å². The Morgan fingerprint density at radius 1 is 1.06 bits per heavy atom. The topological polar surface area (TPSA) is 59.8 Å². The van der Waals surface area contributed by atoms with Gasteiger partial charge in [0.25, 0.3) is 0 Å². The van der Waals surface area contributed by atoms with Crippen LogP contribution < -0.4 is 5.32 Å². The molecule has 5 nitrogen and oxygen atoms in total. The molecule has 31 heavy (non-hydrogen) atoms. The van der Waals surface area contributed by atoms with E-state index in [1.54, 1.807) is 24.3 Å². The molecule has 2 aromatic carbocycles. The van der Waals surface area contributed by atoms with Crippen molar-refractivity contribution in [3.05, 3.63) is 54.1 Å². The summed E-state index contributed by atoms with van der Waals surface area (Å²) in [6.45, 7) is 4.61. The predicted octanol–water partition coefficient (Wildman–Crippen LogP) is 5.66. The minimum Gasteiger partial charge on any atom is -0.324 e. The van der Waals surface area contributed by atoms with Gasteiger partial charge in [-0.15, -0.1) is 22.0 Å². The minimum absolute atomic E-state index is 0.0597. The normalized spacial score (nSPS) is 11.5. The number of nitrogens with one attached hydrogen (secondary N) is 1. The molecule has 3 rings (SSSR count). The third-order valence-corrected chi connectivity index (χ3v) is 6.41. The molecule has 1 aromatic heterocycles. The maximum atomic E-state index is 12.5. The van der Waals surface area contributed by atoms with Crippen LogP contribution in [0.3, 0.4) is 0 Å². The average Bonchev–Trinajstić information content (AvgIpc) is 3.14. The van der Waals surface area contributed by atoms with Gasteiger partial charge in [-0.1, -0.05) is 48.2 Å². The summed E-state index contributed by atoms with van der Waals surface area (Å²) < 4.78 is 39.6. The molecule has 1 N–H and O–H groups in total. The number of alkyl halides is 3. The molecule has 0 atom stereocenters. The first-order chi connectivity index (χ1) is 14.8. The molecule has 1 heterocycles. The molecule has 10 heteroatoms. The van der Waals surface area contributed by atoms with Crippen LogP contribution in [-0.4, -0.2) is 38.4 Å². The average molecular weight is 467 g/mol. The monoisotopic (exact) mass is 466 g/mol. The van der Waals surface area contributed by atoms with Gasteiger partial charge >= 0.3 is 6.18 Å². The number of anilines is 1. The molecule has 0 radical (unpaired) electrons. The first-order valence-corrected chi connectivity index (χ1v) is 11.5. The molecular weight excluding hydrogens is 445 g/mol. The van der Waals surface area contributed by atoms with E-state index in [1.165, 1.54) is 11.8 Å². The molecule has 0 aliphatic rings. The summed E-state index contributed by atoms with van der Waals surface area (Å²) in [6.07, 6.45) is -4.28. The van der Waals surface area contributed by atoms with E-state index in [0.29, 0.717) is 34.0 Å². The van der Waals surface area contributed by atoms with Crippen molar-refractivity contribution in [1.82, 2.24) is 14.8 Å². The number of hydrogen-bond donors (Lipinski definition) is 1. The number of aryl methyl sites for hydroxylation is 1. The highest BCUT2D eigenvalue weighted by atomic mass is 32.2. The summed E-state index contributed by atoms with van der Waals surface area (Å²) in [5.41, 5.74) is 2.41. The molecular formula is C21H21F3N4OS2. The summed E-state index contributed by atoms with van der Waals surface area (Å²) in [6, 6.07) is 14.3. The lowest BCUT2D eigenvalue weighted by molar-refractivity contribution is -0.113. The highest BCUT2D eigenvalue weighted by Crippen LogP contribution is 2.32. The SMILES string of the molecule is CCn1c(SCC(=O)Nc2ccccc2SCC(F)(F)F)nnc1-c1ccccc1C. The number of halogens is 3. The quantitative estimate of drug-likeness (QED) is 0.434. The Labute approximate surface area is 186 Å². The summed E-state index contributed by atoms with van der Waals surface area (Å²) >= 11 is 1.88. The number of carbonyl (C=O) groups excluding carboxylic acids is 1. The van der Waals surface area contributed by atoms with Gasteiger partial charge in [-0.25, -0.2) is 0 Å². The Morgan fingerprint density at radius 3 is 2.48 bits per heavy atom. The van der Waals surface area contributed by atoms with Crippen LogP contribution in [-0.2, 0) is 11.3 Å². The fourth-order valence-electron chi connectivity index (χ4n) is 2.88. The molecule has 0 bridgehead atoms. The van der Waals surface area contributed by atoms with Gasteiger partial charge in [0.05, 0.1) is 17.2 Å². The van der Waals surface area contributed by atoms with Crippen LogP contribution in [0.15, 0.2) is 58.6 Å². The summed E-state index contributed by atoms with van der Waals surface area (Å²) in [5.74, 6) is -0.550. The molecule has 164 valence electrons. The van der Waals surface area contributed by atoms with Crippen LogP contribution in [0.25, 0.3) is 11.4 Å². The summed E-state index contributed by atoms with van der Waals surface area (Å²) in [7, 11) is 0. The van der Waals surface area contributed by atoms with Crippen LogP contribution in [0.4, 0.5) is 18.9 Å². The van der Waals surface area contributed by atoms with Gasteiger partial charge in [0.1, 0.15) is 0 Å². The second-order valence-electron chi connectivity index (χ2n) is 6.60. The number of nitrogens with zero attached hydrogens (tertiary/aromatic N) is 3. The van der Waals surface area contributed by atoms with E-state index in [4.69, 9.17) is 0 Å². The third-order valence-electron chi connectivity index (χ3n) is 4.30. The molecule has 1 amide bonds. The molecule has 0 fully saturated rings. The van der Waals surface area contributed by atoms with Crippen molar-refractivity contribution >= 4 is 35.1 Å². The second kappa shape index (κ2) is 10.2. The lowest BCUT2D eigenvalue weighted by Gasteiger charge is -2.12. The number of benzene rings is 2. The van der Waals surface area contributed by atoms with E-state index in [0.717, 1.165) is 17.0 Å². The van der Waals surface area contributed by atoms with Crippen LogP contribution >= 0.6 is 23.5 Å². The van der Waals surface area contributed by atoms with Crippen molar-refractivity contribution in [3.63, 3.8) is 0 Å². The van der Waals surface area contributed by atoms with Gasteiger partial charge in [0.15, 0.2) is 11.0 Å². The number of hydrogen-bond acceptors (Lipinski definition) is 5. The Kier molecular flexibility index (Phi) is 7.66. The molecule has 0 saturated carbocycles. The van der Waals surface area contributed by atoms with Crippen LogP contribution in [0.1, 0.15) is 12.5 Å². The van der Waals surface area contributed by atoms with Crippen molar-refractivity contribution in [2.24, 2.45) is 0 Å². The molecule has 3 aromatic rings. The van der Waals surface area contributed by atoms with Gasteiger partial charge in [-0.05, 0) is 31.5 Å². The maximum absolute atomic E-state index is 12.5. The maximum Gasteiger partial charge on any atom is 0.398 e. The lowest BCUT2D eigenvalue weighted by atomic mass is 10.1. The second-order valence-corrected chi connectivity index (χ2v) is 8.56. The van der Waals surface area contributed by atoms with Gasteiger partial charge in [-0.2, -0.15) is 13.2 Å². The zero-order chi connectivity index (χ0) is 22.4. The predicted molar refractivity (Wildman–Crippen MR) is 118 cm³/mol. The molecule has 0 unspecified atom stereocenters. The van der Waals surface area contributed by atoms with E-state index in [1.807, 2.05) is 42.7 Å². The van der Waals surface area contributed by atoms with Crippen LogP contribution in [0, 0.1) is 6.92 Å². The largest absolute Gasteiger partial charge is 0.398 e. The van der Waals surface area contributed by atoms with Crippen molar-refractivity contribution < 1.29 is 18.0 Å². The Bertz CT molecular complexity index is 1050. The van der Waals surface area contributed by atoms with E-state index in [-0.39, 0.29) is 11.7 Å². The minimum atomic E-state index is -4.28. The molecule has 0 aliphatic carbocycles. The standard InChI is InChI=1S/C21H21F3N4OS2/c1-3-28-19(15-9-5-4-8-14(15)2)26-27-20(28)30-12-18(29)25-16-10-6-7-11-17(16)31-13-21(22,23)24/h4-11H,3,12-13H2,1-2H3,(H,25,29). The highest BCUT2D eigenvalue weighted by molar-refractivity contribution is 8.00. The Balaban J connectivity index is 1.67. The summed E-state index contributed by atoms with van der Waals surface area (Å²) in [4.78, 5) is 12.8. The van der Waals surface area contributed by atoms with Gasteiger partial charge in [-0.3, -0.25) is 4.79 Å². The number of thioether (sulfide) groups is 2. The van der Waals surface area contributed by atoms with E-state index >= 15 is 0 Å². The van der Waals surface area contributed by atoms with Crippen molar-refractivity contribution in [1.29, 1.82) is 0 Å². The van der Waals surface area contributed by atoms with Crippen molar-refractivity contribution in [2.45, 2.75) is 36.6 Å². The first kappa shape index (κ1) is 23.2. The van der Waals surface area contributed by atoms with Crippen LogP contribution in [0.5, 0.6) is 0 Å². The van der Waals surface area contributed by atoms with Crippen LogP contribution in [0.2, 0.25) is 0 Å². The van der Waals surface area contributed by atoms with Gasteiger partial charge in [0, 0.05) is 17.0 Å². The fourth-order valence-corrected chi connectivity index (χ4v) is 4.45. The zero-order valence-corrected chi connectivity index (χ0v) is 18.6.